The fraction of sp³-hybridized carbons (Fsp3) is 0.500. The molecule has 0 radical (unpaired) electrons. The molecule has 2 aromatic rings. The standard InChI is InChI=1S/C14H20BrN5O/c1-5-13(20-7-11(15)6-16-20)14(21)17-9(2)12-8-19(4)18-10(12)3/h6-9,13H,5H2,1-4H3,(H,17,21). The lowest BCUT2D eigenvalue weighted by Gasteiger charge is -2.19. The van der Waals surface area contributed by atoms with Crippen molar-refractivity contribution < 1.29 is 4.79 Å². The molecule has 1 N–H and O–H groups in total. The fourth-order valence-corrected chi connectivity index (χ4v) is 2.71. The summed E-state index contributed by atoms with van der Waals surface area (Å²) in [5.74, 6) is -0.0381. The van der Waals surface area contributed by atoms with Gasteiger partial charge in [-0.1, -0.05) is 6.92 Å². The van der Waals surface area contributed by atoms with Crippen LogP contribution in [0.1, 0.15) is 43.6 Å². The number of aryl methyl sites for hydroxylation is 2. The van der Waals surface area contributed by atoms with Gasteiger partial charge in [0.1, 0.15) is 6.04 Å². The third-order valence-electron chi connectivity index (χ3n) is 3.46. The summed E-state index contributed by atoms with van der Waals surface area (Å²) in [6.07, 6.45) is 6.11. The molecule has 0 aliphatic heterocycles. The van der Waals surface area contributed by atoms with Crippen molar-refractivity contribution in [3.05, 3.63) is 34.3 Å². The van der Waals surface area contributed by atoms with Crippen LogP contribution in [0.2, 0.25) is 0 Å². The maximum absolute atomic E-state index is 12.5. The van der Waals surface area contributed by atoms with Crippen LogP contribution in [0.25, 0.3) is 0 Å². The lowest BCUT2D eigenvalue weighted by atomic mass is 10.1. The predicted octanol–water partition coefficient (Wildman–Crippen LogP) is 2.52. The first-order valence-electron chi connectivity index (χ1n) is 6.92. The first kappa shape index (κ1) is 15.8. The van der Waals surface area contributed by atoms with E-state index in [1.807, 2.05) is 40.2 Å². The average molecular weight is 354 g/mol. The Morgan fingerprint density at radius 2 is 2.19 bits per heavy atom. The Hall–Kier alpha value is -1.63. The number of carbonyl (C=O) groups excluding carboxylic acids is 1. The highest BCUT2D eigenvalue weighted by Crippen LogP contribution is 2.19. The van der Waals surface area contributed by atoms with E-state index in [-0.39, 0.29) is 18.0 Å². The number of halogens is 1. The number of hydrogen-bond acceptors (Lipinski definition) is 3. The summed E-state index contributed by atoms with van der Waals surface area (Å²) < 4.78 is 4.31. The maximum Gasteiger partial charge on any atom is 0.245 e. The Labute approximate surface area is 132 Å². The lowest BCUT2D eigenvalue weighted by molar-refractivity contribution is -0.125. The van der Waals surface area contributed by atoms with Crippen LogP contribution in [0, 0.1) is 6.92 Å². The Bertz CT molecular complexity index is 633. The molecule has 2 heterocycles. The Morgan fingerprint density at radius 1 is 1.48 bits per heavy atom. The molecule has 0 bridgehead atoms. The molecule has 0 spiro atoms. The molecule has 114 valence electrons. The van der Waals surface area contributed by atoms with Gasteiger partial charge < -0.3 is 5.32 Å². The van der Waals surface area contributed by atoms with Crippen molar-refractivity contribution in [3.8, 4) is 0 Å². The molecule has 2 aromatic heterocycles. The van der Waals surface area contributed by atoms with E-state index >= 15 is 0 Å². The summed E-state index contributed by atoms with van der Waals surface area (Å²) in [6, 6.07) is -0.394. The van der Waals surface area contributed by atoms with Crippen LogP contribution >= 0.6 is 15.9 Å². The van der Waals surface area contributed by atoms with E-state index in [1.165, 1.54) is 0 Å². The highest BCUT2D eigenvalue weighted by atomic mass is 79.9. The van der Waals surface area contributed by atoms with Gasteiger partial charge in [-0.05, 0) is 36.2 Å². The summed E-state index contributed by atoms with van der Waals surface area (Å²) in [5, 5.41) is 11.6. The van der Waals surface area contributed by atoms with Crippen molar-refractivity contribution in [3.63, 3.8) is 0 Å². The van der Waals surface area contributed by atoms with Crippen LogP contribution in [0.5, 0.6) is 0 Å². The van der Waals surface area contributed by atoms with Gasteiger partial charge in [0, 0.05) is 25.0 Å². The van der Waals surface area contributed by atoms with Crippen molar-refractivity contribution in [2.24, 2.45) is 7.05 Å². The second kappa shape index (κ2) is 6.43. The van der Waals surface area contributed by atoms with Crippen molar-refractivity contribution in [2.45, 2.75) is 39.3 Å². The summed E-state index contributed by atoms with van der Waals surface area (Å²) >= 11 is 3.35. The number of nitrogens with zero attached hydrogens (tertiary/aromatic N) is 4. The molecule has 2 atom stereocenters. The van der Waals surface area contributed by atoms with Crippen molar-refractivity contribution in [2.75, 3.05) is 0 Å². The van der Waals surface area contributed by atoms with Crippen LogP contribution in [0.4, 0.5) is 0 Å². The van der Waals surface area contributed by atoms with E-state index in [2.05, 4.69) is 31.4 Å². The van der Waals surface area contributed by atoms with Gasteiger partial charge in [-0.15, -0.1) is 0 Å². The average Bonchev–Trinajstić information content (AvgIpc) is 2.96. The minimum absolute atomic E-state index is 0.0381. The van der Waals surface area contributed by atoms with Gasteiger partial charge in [-0.3, -0.25) is 14.2 Å². The number of nitrogens with one attached hydrogen (secondary N) is 1. The molecule has 0 aromatic carbocycles. The van der Waals surface area contributed by atoms with Gasteiger partial charge in [-0.25, -0.2) is 0 Å². The fourth-order valence-electron chi connectivity index (χ4n) is 2.41. The molecule has 2 unspecified atom stereocenters. The Morgan fingerprint density at radius 3 is 2.67 bits per heavy atom. The largest absolute Gasteiger partial charge is 0.348 e. The highest BCUT2D eigenvalue weighted by molar-refractivity contribution is 9.10. The molecule has 7 heteroatoms. The van der Waals surface area contributed by atoms with Gasteiger partial charge in [-0.2, -0.15) is 10.2 Å². The van der Waals surface area contributed by atoms with E-state index < -0.39 is 0 Å². The van der Waals surface area contributed by atoms with E-state index in [9.17, 15) is 4.79 Å². The highest BCUT2D eigenvalue weighted by Gasteiger charge is 2.22. The smallest absolute Gasteiger partial charge is 0.245 e. The number of hydrogen-bond donors (Lipinski definition) is 1. The summed E-state index contributed by atoms with van der Waals surface area (Å²) in [5.41, 5.74) is 1.96. The zero-order valence-corrected chi connectivity index (χ0v) is 14.3. The van der Waals surface area contributed by atoms with Crippen LogP contribution in [0.15, 0.2) is 23.1 Å². The van der Waals surface area contributed by atoms with E-state index in [0.717, 1.165) is 15.7 Å². The van der Waals surface area contributed by atoms with Crippen molar-refractivity contribution >= 4 is 21.8 Å². The zero-order valence-electron chi connectivity index (χ0n) is 12.7. The number of carbonyl (C=O) groups is 1. The quantitative estimate of drug-likeness (QED) is 0.897. The van der Waals surface area contributed by atoms with E-state index in [0.29, 0.717) is 6.42 Å². The van der Waals surface area contributed by atoms with Gasteiger partial charge >= 0.3 is 0 Å². The molecule has 1 amide bonds. The first-order valence-corrected chi connectivity index (χ1v) is 7.71. The Balaban J connectivity index is 2.10. The molecule has 2 rings (SSSR count). The number of aromatic nitrogens is 4. The third-order valence-corrected chi connectivity index (χ3v) is 3.86. The molecule has 0 saturated heterocycles. The minimum atomic E-state index is -0.310. The number of amides is 1. The molecular weight excluding hydrogens is 334 g/mol. The summed E-state index contributed by atoms with van der Waals surface area (Å²) in [7, 11) is 1.88. The summed E-state index contributed by atoms with van der Waals surface area (Å²) in [4.78, 5) is 12.5. The summed E-state index contributed by atoms with van der Waals surface area (Å²) in [6.45, 7) is 5.88. The van der Waals surface area contributed by atoms with Crippen molar-refractivity contribution in [1.29, 1.82) is 0 Å². The molecule has 21 heavy (non-hydrogen) atoms. The van der Waals surface area contributed by atoms with Gasteiger partial charge in [0.25, 0.3) is 0 Å². The zero-order chi connectivity index (χ0) is 15.6. The Kier molecular flexibility index (Phi) is 4.82. The van der Waals surface area contributed by atoms with Crippen LogP contribution in [-0.2, 0) is 11.8 Å². The van der Waals surface area contributed by atoms with E-state index in [1.54, 1.807) is 15.6 Å². The molecule has 0 aliphatic rings. The SMILES string of the molecule is CCC(C(=O)NC(C)c1cn(C)nc1C)n1cc(Br)cn1. The van der Waals surface area contributed by atoms with Gasteiger partial charge in [0.05, 0.1) is 22.4 Å². The first-order chi connectivity index (χ1) is 9.92. The molecule has 0 saturated carbocycles. The van der Waals surface area contributed by atoms with Crippen LogP contribution < -0.4 is 5.32 Å². The predicted molar refractivity (Wildman–Crippen MR) is 83.8 cm³/mol. The minimum Gasteiger partial charge on any atom is -0.348 e. The molecule has 0 fully saturated rings. The molecular formula is C14H20BrN5O. The molecule has 0 aliphatic carbocycles. The van der Waals surface area contributed by atoms with Crippen LogP contribution in [-0.4, -0.2) is 25.5 Å². The van der Waals surface area contributed by atoms with Gasteiger partial charge in [0.2, 0.25) is 5.91 Å². The van der Waals surface area contributed by atoms with Crippen molar-refractivity contribution in [1.82, 2.24) is 24.9 Å². The second-order valence-electron chi connectivity index (χ2n) is 5.14. The molecule has 6 nitrogen and oxygen atoms in total. The topological polar surface area (TPSA) is 64.7 Å². The lowest BCUT2D eigenvalue weighted by Crippen LogP contribution is -2.34. The maximum atomic E-state index is 12.5. The third kappa shape index (κ3) is 3.53. The monoisotopic (exact) mass is 353 g/mol. The second-order valence-corrected chi connectivity index (χ2v) is 6.05. The van der Waals surface area contributed by atoms with E-state index in [4.69, 9.17) is 0 Å². The van der Waals surface area contributed by atoms with Crippen LogP contribution in [0.3, 0.4) is 0 Å². The van der Waals surface area contributed by atoms with Gasteiger partial charge in [0.15, 0.2) is 0 Å². The normalized spacial score (nSPS) is 14.0. The number of rotatable bonds is 5.